The number of methoxy groups -OCH3 is 2. The summed E-state index contributed by atoms with van der Waals surface area (Å²) >= 11 is 0. The highest BCUT2D eigenvalue weighted by Gasteiger charge is 2.28. The zero-order chi connectivity index (χ0) is 14.4. The van der Waals surface area contributed by atoms with Gasteiger partial charge in [-0.3, -0.25) is 0 Å². The lowest BCUT2D eigenvalue weighted by molar-refractivity contribution is -0.153. The molecule has 0 aromatic heterocycles. The van der Waals surface area contributed by atoms with Gasteiger partial charge >= 0.3 is 11.9 Å². The van der Waals surface area contributed by atoms with Crippen LogP contribution in [-0.4, -0.2) is 32.2 Å². The molecule has 0 bridgehead atoms. The minimum absolute atomic E-state index is 0.0586. The molecular formula is C11H10F2N2O4. The van der Waals surface area contributed by atoms with Gasteiger partial charge in [-0.15, -0.1) is 0 Å². The first-order chi connectivity index (χ1) is 8.99. The summed E-state index contributed by atoms with van der Waals surface area (Å²) in [6, 6.07) is 1.13. The summed E-state index contributed by atoms with van der Waals surface area (Å²) in [5.74, 6) is -4.11. The van der Waals surface area contributed by atoms with Crippen molar-refractivity contribution in [2.75, 3.05) is 14.2 Å². The number of hydrogen-bond acceptors (Lipinski definition) is 6. The van der Waals surface area contributed by atoms with Gasteiger partial charge in [0.15, 0.2) is 11.6 Å². The van der Waals surface area contributed by atoms with Crippen LogP contribution in [0.2, 0.25) is 0 Å². The molecule has 0 aliphatic rings. The molecule has 0 atom stereocenters. The fourth-order valence-electron chi connectivity index (χ4n) is 1.09. The lowest BCUT2D eigenvalue weighted by Crippen LogP contribution is -2.30. The number of carbonyl (C=O) groups excluding carboxylic acids is 2. The summed E-state index contributed by atoms with van der Waals surface area (Å²) in [4.78, 5) is 22.5. The van der Waals surface area contributed by atoms with Crippen LogP contribution in [0.4, 0.5) is 14.5 Å². The fourth-order valence-corrected chi connectivity index (χ4v) is 1.09. The third-order valence-electron chi connectivity index (χ3n) is 2.04. The molecule has 0 N–H and O–H groups in total. The SMILES string of the molecule is COC(=O)C(N=Nc1ccc(F)c(F)c1)C(=O)OC. The van der Waals surface area contributed by atoms with Crippen molar-refractivity contribution in [3.05, 3.63) is 29.8 Å². The second-order valence-electron chi connectivity index (χ2n) is 3.26. The molecule has 102 valence electrons. The normalized spacial score (nSPS) is 10.8. The van der Waals surface area contributed by atoms with E-state index in [1.54, 1.807) is 0 Å². The lowest BCUT2D eigenvalue weighted by Gasteiger charge is -2.06. The Labute approximate surface area is 107 Å². The van der Waals surface area contributed by atoms with Crippen LogP contribution in [0, 0.1) is 11.6 Å². The van der Waals surface area contributed by atoms with Crippen LogP contribution in [0.25, 0.3) is 0 Å². The number of rotatable bonds is 4. The maximum absolute atomic E-state index is 12.9. The number of halogens is 2. The molecule has 0 amide bonds. The smallest absolute Gasteiger partial charge is 0.344 e. The number of nitrogens with zero attached hydrogens (tertiary/aromatic N) is 2. The van der Waals surface area contributed by atoms with E-state index < -0.39 is 29.6 Å². The molecule has 0 saturated carbocycles. The summed E-state index contributed by atoms with van der Waals surface area (Å²) in [5.41, 5.74) is -0.0586. The van der Waals surface area contributed by atoms with Gasteiger partial charge in [0.1, 0.15) is 0 Å². The van der Waals surface area contributed by atoms with Crippen LogP contribution in [0.1, 0.15) is 0 Å². The van der Waals surface area contributed by atoms with Crippen molar-refractivity contribution in [3.63, 3.8) is 0 Å². The quantitative estimate of drug-likeness (QED) is 0.475. The van der Waals surface area contributed by atoms with Crippen LogP contribution in [-0.2, 0) is 19.1 Å². The zero-order valence-electron chi connectivity index (χ0n) is 10.1. The zero-order valence-corrected chi connectivity index (χ0v) is 10.1. The van der Waals surface area contributed by atoms with Crippen LogP contribution >= 0.6 is 0 Å². The number of benzene rings is 1. The summed E-state index contributed by atoms with van der Waals surface area (Å²) < 4.78 is 34.2. The Hall–Kier alpha value is -2.38. The molecule has 8 heteroatoms. The number of ether oxygens (including phenoxy) is 2. The average molecular weight is 272 g/mol. The molecule has 0 fully saturated rings. The van der Waals surface area contributed by atoms with E-state index in [1.165, 1.54) is 0 Å². The van der Waals surface area contributed by atoms with Crippen molar-refractivity contribution in [1.82, 2.24) is 0 Å². The van der Waals surface area contributed by atoms with Gasteiger partial charge < -0.3 is 9.47 Å². The van der Waals surface area contributed by atoms with E-state index in [4.69, 9.17) is 0 Å². The Morgan fingerprint density at radius 3 is 2.16 bits per heavy atom. The molecule has 0 radical (unpaired) electrons. The van der Waals surface area contributed by atoms with Gasteiger partial charge in [-0.2, -0.15) is 10.2 Å². The van der Waals surface area contributed by atoms with E-state index in [0.29, 0.717) is 0 Å². The van der Waals surface area contributed by atoms with Crippen molar-refractivity contribution in [1.29, 1.82) is 0 Å². The Balaban J connectivity index is 2.94. The largest absolute Gasteiger partial charge is 0.467 e. The van der Waals surface area contributed by atoms with Gasteiger partial charge in [-0.25, -0.2) is 18.4 Å². The van der Waals surface area contributed by atoms with E-state index in [-0.39, 0.29) is 5.69 Å². The van der Waals surface area contributed by atoms with E-state index in [2.05, 4.69) is 19.7 Å². The molecule has 1 rings (SSSR count). The fraction of sp³-hybridized carbons (Fsp3) is 0.273. The van der Waals surface area contributed by atoms with Crippen molar-refractivity contribution < 1.29 is 27.8 Å². The molecule has 19 heavy (non-hydrogen) atoms. The van der Waals surface area contributed by atoms with Crippen molar-refractivity contribution in [2.24, 2.45) is 10.2 Å². The minimum Gasteiger partial charge on any atom is -0.467 e. The van der Waals surface area contributed by atoms with Gasteiger partial charge in [0.05, 0.1) is 19.9 Å². The summed E-state index contributed by atoms with van der Waals surface area (Å²) in [6.07, 6.45) is 0. The van der Waals surface area contributed by atoms with Crippen LogP contribution in [0.3, 0.4) is 0 Å². The summed E-state index contributed by atoms with van der Waals surface area (Å²) in [5, 5.41) is 6.86. The summed E-state index contributed by atoms with van der Waals surface area (Å²) in [6.45, 7) is 0. The monoisotopic (exact) mass is 272 g/mol. The van der Waals surface area contributed by atoms with Crippen molar-refractivity contribution >= 4 is 17.6 Å². The van der Waals surface area contributed by atoms with Gasteiger partial charge in [-0.05, 0) is 12.1 Å². The third-order valence-corrected chi connectivity index (χ3v) is 2.04. The average Bonchev–Trinajstić information content (AvgIpc) is 2.42. The molecule has 0 saturated heterocycles. The predicted molar refractivity (Wildman–Crippen MR) is 58.7 cm³/mol. The molecule has 0 heterocycles. The Morgan fingerprint density at radius 2 is 1.68 bits per heavy atom. The van der Waals surface area contributed by atoms with E-state index >= 15 is 0 Å². The highest BCUT2D eigenvalue weighted by Crippen LogP contribution is 2.17. The maximum atomic E-state index is 12.9. The Bertz CT molecular complexity index is 503. The standard InChI is InChI=1S/C11H10F2N2O4/c1-18-10(16)9(11(17)19-2)15-14-6-3-4-7(12)8(13)5-6/h3-5,9H,1-2H3. The number of carbonyl (C=O) groups is 2. The first kappa shape index (κ1) is 14.7. The first-order valence-corrected chi connectivity index (χ1v) is 5.01. The Kier molecular flexibility index (Phi) is 5.04. The second-order valence-corrected chi connectivity index (χ2v) is 3.26. The topological polar surface area (TPSA) is 77.3 Å². The summed E-state index contributed by atoms with van der Waals surface area (Å²) in [7, 11) is 2.12. The van der Waals surface area contributed by atoms with Gasteiger partial charge in [-0.1, -0.05) is 0 Å². The van der Waals surface area contributed by atoms with E-state index in [1.807, 2.05) is 0 Å². The molecule has 1 aromatic rings. The maximum Gasteiger partial charge on any atom is 0.344 e. The molecule has 0 aliphatic heterocycles. The van der Waals surface area contributed by atoms with Gasteiger partial charge in [0.2, 0.25) is 0 Å². The number of azo groups is 1. The number of esters is 2. The molecule has 0 spiro atoms. The predicted octanol–water partition coefficient (Wildman–Crippen LogP) is 1.76. The number of hydrogen-bond donors (Lipinski definition) is 0. The lowest BCUT2D eigenvalue weighted by atomic mass is 10.3. The Morgan fingerprint density at radius 1 is 1.11 bits per heavy atom. The van der Waals surface area contributed by atoms with Crippen LogP contribution < -0.4 is 0 Å². The highest BCUT2D eigenvalue weighted by atomic mass is 19.2. The van der Waals surface area contributed by atoms with Crippen molar-refractivity contribution in [3.8, 4) is 0 Å². The van der Waals surface area contributed by atoms with Crippen LogP contribution in [0.15, 0.2) is 28.4 Å². The molecular weight excluding hydrogens is 262 g/mol. The van der Waals surface area contributed by atoms with Crippen molar-refractivity contribution in [2.45, 2.75) is 6.04 Å². The highest BCUT2D eigenvalue weighted by molar-refractivity contribution is 5.99. The molecule has 1 aromatic carbocycles. The molecule has 6 nitrogen and oxygen atoms in total. The van der Waals surface area contributed by atoms with E-state index in [9.17, 15) is 18.4 Å². The molecule has 0 aliphatic carbocycles. The van der Waals surface area contributed by atoms with Crippen LogP contribution in [0.5, 0.6) is 0 Å². The first-order valence-electron chi connectivity index (χ1n) is 5.01. The van der Waals surface area contributed by atoms with Gasteiger partial charge in [0.25, 0.3) is 6.04 Å². The minimum atomic E-state index is -1.61. The second kappa shape index (κ2) is 6.53. The van der Waals surface area contributed by atoms with E-state index in [0.717, 1.165) is 32.4 Å². The third kappa shape index (κ3) is 3.80. The molecule has 0 unspecified atom stereocenters. The van der Waals surface area contributed by atoms with Gasteiger partial charge in [0, 0.05) is 6.07 Å².